The summed E-state index contributed by atoms with van der Waals surface area (Å²) in [5.74, 6) is 1.16. The quantitative estimate of drug-likeness (QED) is 0.770. The number of pyridine rings is 1. The molecule has 27 heavy (non-hydrogen) atoms. The van der Waals surface area contributed by atoms with Gasteiger partial charge in [-0.1, -0.05) is 19.9 Å². The fourth-order valence-electron chi connectivity index (χ4n) is 3.43. The van der Waals surface area contributed by atoms with Gasteiger partial charge < -0.3 is 14.6 Å². The van der Waals surface area contributed by atoms with Crippen LogP contribution in [0.1, 0.15) is 47.9 Å². The first-order valence-corrected chi connectivity index (χ1v) is 9.34. The lowest BCUT2D eigenvalue weighted by Crippen LogP contribution is -2.37. The van der Waals surface area contributed by atoms with Gasteiger partial charge in [0, 0.05) is 25.3 Å². The minimum Gasteiger partial charge on any atom is -0.353 e. The Labute approximate surface area is 158 Å². The maximum Gasteiger partial charge on any atom is 0.272 e. The van der Waals surface area contributed by atoms with E-state index in [1.54, 1.807) is 6.33 Å². The molecule has 1 atom stereocenters. The number of imidazole rings is 1. The van der Waals surface area contributed by atoms with E-state index in [0.717, 1.165) is 36.5 Å². The fraction of sp³-hybridized carbons (Fsp3) is 0.400. The van der Waals surface area contributed by atoms with Crippen LogP contribution in [-0.4, -0.2) is 44.6 Å². The van der Waals surface area contributed by atoms with Gasteiger partial charge in [0.25, 0.3) is 5.91 Å². The topological polar surface area (TPSA) is 75.4 Å². The molecule has 3 aromatic rings. The predicted molar refractivity (Wildman–Crippen MR) is 104 cm³/mol. The van der Waals surface area contributed by atoms with E-state index < -0.39 is 0 Å². The molecule has 1 amide bonds. The molecule has 4 rings (SSSR count). The summed E-state index contributed by atoms with van der Waals surface area (Å²) in [6, 6.07) is 8.04. The molecule has 0 radical (unpaired) electrons. The number of aryl methyl sites for hydroxylation is 1. The molecule has 0 spiro atoms. The summed E-state index contributed by atoms with van der Waals surface area (Å²) < 4.78 is 1.92. The minimum absolute atomic E-state index is 0.0762. The van der Waals surface area contributed by atoms with Crippen molar-refractivity contribution in [3.63, 3.8) is 0 Å². The summed E-state index contributed by atoms with van der Waals surface area (Å²) in [6.07, 6.45) is 4.63. The summed E-state index contributed by atoms with van der Waals surface area (Å²) in [4.78, 5) is 19.2. The number of aromatic nitrogens is 4. The van der Waals surface area contributed by atoms with Gasteiger partial charge in [-0.15, -0.1) is 5.10 Å². The van der Waals surface area contributed by atoms with Crippen molar-refractivity contribution in [2.75, 3.05) is 18.0 Å². The Morgan fingerprint density at radius 1 is 1.22 bits per heavy atom. The van der Waals surface area contributed by atoms with Crippen LogP contribution in [-0.2, 0) is 0 Å². The highest BCUT2D eigenvalue weighted by molar-refractivity contribution is 5.99. The predicted octanol–water partition coefficient (Wildman–Crippen LogP) is 2.56. The third-order valence-electron chi connectivity index (χ3n) is 5.07. The summed E-state index contributed by atoms with van der Waals surface area (Å²) in [5.41, 5.74) is 3.42. The van der Waals surface area contributed by atoms with Crippen LogP contribution >= 0.6 is 0 Å². The maximum atomic E-state index is 12.7. The smallest absolute Gasteiger partial charge is 0.272 e. The first-order chi connectivity index (χ1) is 13.0. The third-order valence-corrected chi connectivity index (χ3v) is 5.07. The van der Waals surface area contributed by atoms with E-state index in [1.807, 2.05) is 35.7 Å². The molecule has 4 heterocycles. The number of fused-ring (bicyclic) bond motifs is 1. The molecule has 0 saturated carbocycles. The Balaban J connectivity index is 1.45. The normalized spacial score (nSPS) is 17.0. The maximum absolute atomic E-state index is 12.7. The van der Waals surface area contributed by atoms with Crippen LogP contribution in [0.3, 0.4) is 0 Å². The molecule has 7 nitrogen and oxygen atoms in total. The Kier molecular flexibility index (Phi) is 4.51. The number of anilines is 1. The molecule has 0 bridgehead atoms. The van der Waals surface area contributed by atoms with Gasteiger partial charge in [-0.3, -0.25) is 4.79 Å². The number of carbonyl (C=O) groups excluding carboxylic acids is 1. The third kappa shape index (κ3) is 3.49. The lowest BCUT2D eigenvalue weighted by molar-refractivity contribution is 0.0937. The summed E-state index contributed by atoms with van der Waals surface area (Å²) in [7, 11) is 0. The molecule has 0 aliphatic carbocycles. The van der Waals surface area contributed by atoms with Crippen molar-refractivity contribution in [1.29, 1.82) is 0 Å². The zero-order chi connectivity index (χ0) is 19.0. The van der Waals surface area contributed by atoms with E-state index in [0.29, 0.717) is 11.6 Å². The lowest BCUT2D eigenvalue weighted by atomic mass is 10.1. The van der Waals surface area contributed by atoms with E-state index in [1.165, 1.54) is 5.56 Å². The van der Waals surface area contributed by atoms with Crippen molar-refractivity contribution in [1.82, 2.24) is 24.9 Å². The SMILES string of the molecule is Cc1ccc(N2CC[C@H](NC(=O)c3ncn4cc(C(C)C)ccc34)C2)nn1. The Bertz CT molecular complexity index is 962. The van der Waals surface area contributed by atoms with Crippen LogP contribution < -0.4 is 10.2 Å². The van der Waals surface area contributed by atoms with E-state index in [4.69, 9.17) is 0 Å². The summed E-state index contributed by atoms with van der Waals surface area (Å²) in [6.45, 7) is 7.80. The van der Waals surface area contributed by atoms with Crippen LogP contribution in [0.15, 0.2) is 36.8 Å². The number of hydrogen-bond acceptors (Lipinski definition) is 5. The average molecular weight is 364 g/mol. The monoisotopic (exact) mass is 364 g/mol. The van der Waals surface area contributed by atoms with E-state index >= 15 is 0 Å². The Morgan fingerprint density at radius 3 is 2.81 bits per heavy atom. The zero-order valence-electron chi connectivity index (χ0n) is 15.9. The second kappa shape index (κ2) is 6.98. The van der Waals surface area contributed by atoms with E-state index in [2.05, 4.69) is 45.3 Å². The number of nitrogens with one attached hydrogen (secondary N) is 1. The molecular formula is C20H24N6O. The van der Waals surface area contributed by atoms with E-state index in [9.17, 15) is 4.79 Å². The van der Waals surface area contributed by atoms with Gasteiger partial charge in [-0.25, -0.2) is 4.98 Å². The number of amides is 1. The summed E-state index contributed by atoms with van der Waals surface area (Å²) >= 11 is 0. The molecule has 140 valence electrons. The van der Waals surface area contributed by atoms with Crippen LogP contribution in [0.4, 0.5) is 5.82 Å². The first-order valence-electron chi connectivity index (χ1n) is 9.34. The molecule has 0 unspecified atom stereocenters. The van der Waals surface area contributed by atoms with E-state index in [-0.39, 0.29) is 11.9 Å². The second-order valence-corrected chi connectivity index (χ2v) is 7.44. The van der Waals surface area contributed by atoms with Crippen molar-refractivity contribution in [2.45, 2.75) is 39.2 Å². The van der Waals surface area contributed by atoms with Crippen LogP contribution in [0.25, 0.3) is 5.52 Å². The van der Waals surface area contributed by atoms with Crippen LogP contribution in [0.2, 0.25) is 0 Å². The first kappa shape index (κ1) is 17.5. The molecule has 3 aromatic heterocycles. The van der Waals surface area contributed by atoms with Gasteiger partial charge in [-0.05, 0) is 43.0 Å². The molecule has 1 N–H and O–H groups in total. The number of carbonyl (C=O) groups is 1. The highest BCUT2D eigenvalue weighted by Crippen LogP contribution is 2.20. The highest BCUT2D eigenvalue weighted by atomic mass is 16.2. The van der Waals surface area contributed by atoms with Crippen molar-refractivity contribution in [2.24, 2.45) is 0 Å². The largest absolute Gasteiger partial charge is 0.353 e. The Morgan fingerprint density at radius 2 is 2.07 bits per heavy atom. The van der Waals surface area contributed by atoms with Gasteiger partial charge in [0.05, 0.1) is 11.2 Å². The molecular weight excluding hydrogens is 340 g/mol. The van der Waals surface area contributed by atoms with Gasteiger partial charge in [-0.2, -0.15) is 5.10 Å². The van der Waals surface area contributed by atoms with Crippen LogP contribution in [0, 0.1) is 6.92 Å². The van der Waals surface area contributed by atoms with Gasteiger partial charge >= 0.3 is 0 Å². The van der Waals surface area contributed by atoms with Crippen LogP contribution in [0.5, 0.6) is 0 Å². The van der Waals surface area contributed by atoms with Crippen molar-refractivity contribution in [3.05, 3.63) is 53.7 Å². The lowest BCUT2D eigenvalue weighted by Gasteiger charge is -2.17. The molecule has 0 aromatic carbocycles. The molecule has 1 aliphatic rings. The molecule has 1 saturated heterocycles. The van der Waals surface area contributed by atoms with Gasteiger partial charge in [0.1, 0.15) is 6.33 Å². The average Bonchev–Trinajstić information content (AvgIpc) is 3.28. The number of nitrogens with zero attached hydrogens (tertiary/aromatic N) is 5. The standard InChI is InChI=1S/C20H24N6O/c1-13(2)15-5-6-17-19(21-12-26(17)10-15)20(27)22-16-8-9-25(11-16)18-7-4-14(3)23-24-18/h4-7,10,12-13,16H,8-9,11H2,1-3H3,(H,22,27)/t16-/m0/s1. The van der Waals surface area contributed by atoms with Crippen molar-refractivity contribution < 1.29 is 4.79 Å². The van der Waals surface area contributed by atoms with Gasteiger partial charge in [0.15, 0.2) is 11.5 Å². The molecule has 1 fully saturated rings. The Hall–Kier alpha value is -2.96. The highest BCUT2D eigenvalue weighted by Gasteiger charge is 2.26. The molecule has 7 heteroatoms. The number of rotatable bonds is 4. The zero-order valence-corrected chi connectivity index (χ0v) is 15.9. The van der Waals surface area contributed by atoms with Crippen molar-refractivity contribution in [3.8, 4) is 0 Å². The second-order valence-electron chi connectivity index (χ2n) is 7.44. The summed E-state index contributed by atoms with van der Waals surface area (Å²) in [5, 5.41) is 11.5. The van der Waals surface area contributed by atoms with Crippen molar-refractivity contribution >= 4 is 17.2 Å². The van der Waals surface area contributed by atoms with Gasteiger partial charge in [0.2, 0.25) is 0 Å². The minimum atomic E-state index is -0.128. The molecule has 1 aliphatic heterocycles. The number of hydrogen-bond donors (Lipinski definition) is 1. The fourth-order valence-corrected chi connectivity index (χ4v) is 3.43.